The van der Waals surface area contributed by atoms with Gasteiger partial charge in [0.15, 0.2) is 0 Å². The fourth-order valence-corrected chi connectivity index (χ4v) is 4.02. The SMILES string of the molecule is C[C@@H]1[C@@H](C)CCC[C@H]1NC(=O)[C@@H](C)N1CCN(c2ncccn2)CC1. The lowest BCUT2D eigenvalue weighted by molar-refractivity contribution is -0.127. The van der Waals surface area contributed by atoms with Crippen molar-refractivity contribution in [2.24, 2.45) is 11.8 Å². The molecule has 1 aromatic heterocycles. The van der Waals surface area contributed by atoms with Crippen LogP contribution in [-0.4, -0.2) is 59.0 Å². The van der Waals surface area contributed by atoms with E-state index < -0.39 is 0 Å². The number of aromatic nitrogens is 2. The molecule has 1 aromatic rings. The van der Waals surface area contributed by atoms with Crippen molar-refractivity contribution in [1.82, 2.24) is 20.2 Å². The van der Waals surface area contributed by atoms with Crippen LogP contribution in [0.4, 0.5) is 5.95 Å². The molecule has 2 fully saturated rings. The van der Waals surface area contributed by atoms with Crippen LogP contribution in [0.25, 0.3) is 0 Å². The zero-order chi connectivity index (χ0) is 17.8. The lowest BCUT2D eigenvalue weighted by Crippen LogP contribution is -2.56. The number of carbonyl (C=O) groups excluding carboxylic acids is 1. The van der Waals surface area contributed by atoms with Crippen LogP contribution in [0.15, 0.2) is 18.5 Å². The highest BCUT2D eigenvalue weighted by Gasteiger charge is 2.31. The number of carbonyl (C=O) groups is 1. The summed E-state index contributed by atoms with van der Waals surface area (Å²) < 4.78 is 0. The maximum atomic E-state index is 12.7. The van der Waals surface area contributed by atoms with Gasteiger partial charge in [0.1, 0.15) is 0 Å². The highest BCUT2D eigenvalue weighted by molar-refractivity contribution is 5.81. The summed E-state index contributed by atoms with van der Waals surface area (Å²) in [5, 5.41) is 3.32. The molecule has 138 valence electrons. The quantitative estimate of drug-likeness (QED) is 0.903. The van der Waals surface area contributed by atoms with Crippen molar-refractivity contribution >= 4 is 11.9 Å². The molecule has 2 heterocycles. The van der Waals surface area contributed by atoms with E-state index in [9.17, 15) is 4.79 Å². The smallest absolute Gasteiger partial charge is 0.237 e. The van der Waals surface area contributed by atoms with E-state index in [0.29, 0.717) is 17.9 Å². The lowest BCUT2D eigenvalue weighted by atomic mass is 9.78. The molecular weight excluding hydrogens is 314 g/mol. The first-order valence-corrected chi connectivity index (χ1v) is 9.62. The van der Waals surface area contributed by atoms with Crippen LogP contribution in [0.2, 0.25) is 0 Å². The van der Waals surface area contributed by atoms with E-state index in [1.165, 1.54) is 12.8 Å². The second-order valence-corrected chi connectivity index (χ2v) is 7.63. The average Bonchev–Trinajstić information content (AvgIpc) is 2.65. The first-order chi connectivity index (χ1) is 12.1. The van der Waals surface area contributed by atoms with Gasteiger partial charge in [0.05, 0.1) is 6.04 Å². The third-order valence-electron chi connectivity index (χ3n) is 6.11. The Morgan fingerprint density at radius 1 is 1.16 bits per heavy atom. The third-order valence-corrected chi connectivity index (χ3v) is 6.11. The molecule has 1 aliphatic heterocycles. The number of hydrogen-bond donors (Lipinski definition) is 1. The highest BCUT2D eigenvalue weighted by atomic mass is 16.2. The van der Waals surface area contributed by atoms with E-state index in [1.54, 1.807) is 12.4 Å². The van der Waals surface area contributed by atoms with E-state index >= 15 is 0 Å². The lowest BCUT2D eigenvalue weighted by Gasteiger charge is -2.39. The van der Waals surface area contributed by atoms with Crippen molar-refractivity contribution in [2.75, 3.05) is 31.1 Å². The number of anilines is 1. The molecular formula is C19H31N5O. The van der Waals surface area contributed by atoms with E-state index in [0.717, 1.165) is 38.5 Å². The van der Waals surface area contributed by atoms with Crippen molar-refractivity contribution in [3.05, 3.63) is 18.5 Å². The molecule has 3 rings (SSSR count). The zero-order valence-electron chi connectivity index (χ0n) is 15.7. The summed E-state index contributed by atoms with van der Waals surface area (Å²) in [6.45, 7) is 10.1. The number of hydrogen-bond acceptors (Lipinski definition) is 5. The minimum absolute atomic E-state index is 0.0803. The predicted octanol–water partition coefficient (Wildman–Crippen LogP) is 1.93. The van der Waals surface area contributed by atoms with Gasteiger partial charge in [-0.2, -0.15) is 0 Å². The molecule has 2 aliphatic rings. The Morgan fingerprint density at radius 2 is 1.84 bits per heavy atom. The minimum atomic E-state index is -0.0803. The molecule has 1 amide bonds. The Morgan fingerprint density at radius 3 is 2.52 bits per heavy atom. The molecule has 1 aliphatic carbocycles. The van der Waals surface area contributed by atoms with Crippen LogP contribution in [-0.2, 0) is 4.79 Å². The van der Waals surface area contributed by atoms with Gasteiger partial charge in [-0.1, -0.05) is 26.7 Å². The Bertz CT molecular complexity index is 558. The molecule has 0 aromatic carbocycles. The molecule has 0 unspecified atom stereocenters. The van der Waals surface area contributed by atoms with Gasteiger partial charge in [-0.05, 0) is 31.2 Å². The third kappa shape index (κ3) is 4.29. The summed E-state index contributed by atoms with van der Waals surface area (Å²) in [7, 11) is 0. The molecule has 4 atom stereocenters. The largest absolute Gasteiger partial charge is 0.352 e. The highest BCUT2D eigenvalue weighted by Crippen LogP contribution is 2.29. The van der Waals surface area contributed by atoms with Crippen molar-refractivity contribution in [3.63, 3.8) is 0 Å². The summed E-state index contributed by atoms with van der Waals surface area (Å²) in [6, 6.07) is 2.08. The minimum Gasteiger partial charge on any atom is -0.352 e. The fraction of sp³-hybridized carbons (Fsp3) is 0.737. The van der Waals surface area contributed by atoms with Crippen molar-refractivity contribution < 1.29 is 4.79 Å². The molecule has 1 saturated carbocycles. The topological polar surface area (TPSA) is 61.4 Å². The second kappa shape index (κ2) is 8.13. The van der Waals surface area contributed by atoms with Gasteiger partial charge in [-0.25, -0.2) is 9.97 Å². The first-order valence-electron chi connectivity index (χ1n) is 9.62. The fourth-order valence-electron chi connectivity index (χ4n) is 4.02. The number of piperazine rings is 1. The molecule has 6 nitrogen and oxygen atoms in total. The van der Waals surface area contributed by atoms with Gasteiger partial charge in [-0.3, -0.25) is 9.69 Å². The van der Waals surface area contributed by atoms with Crippen LogP contribution in [0.3, 0.4) is 0 Å². The van der Waals surface area contributed by atoms with E-state index in [4.69, 9.17) is 0 Å². The van der Waals surface area contributed by atoms with Gasteiger partial charge >= 0.3 is 0 Å². The summed E-state index contributed by atoms with van der Waals surface area (Å²) >= 11 is 0. The Kier molecular flexibility index (Phi) is 5.89. The summed E-state index contributed by atoms with van der Waals surface area (Å²) in [5.74, 6) is 2.22. The standard InChI is InChI=1S/C19H31N5O/c1-14-6-4-7-17(15(14)2)22-18(25)16(3)23-10-12-24(13-11-23)19-20-8-5-9-21-19/h5,8-9,14-17H,4,6-7,10-13H2,1-3H3,(H,22,25)/t14-,15+,16+,17+/m0/s1. The normalized spacial score (nSPS) is 29.2. The van der Waals surface area contributed by atoms with Crippen LogP contribution < -0.4 is 10.2 Å². The van der Waals surface area contributed by atoms with Gasteiger partial charge in [0, 0.05) is 44.6 Å². The van der Waals surface area contributed by atoms with E-state index in [2.05, 4.69) is 38.9 Å². The number of rotatable bonds is 4. The monoisotopic (exact) mass is 345 g/mol. The molecule has 25 heavy (non-hydrogen) atoms. The van der Waals surface area contributed by atoms with Crippen LogP contribution in [0, 0.1) is 11.8 Å². The van der Waals surface area contributed by atoms with Crippen LogP contribution in [0.5, 0.6) is 0 Å². The molecule has 0 bridgehead atoms. The van der Waals surface area contributed by atoms with Gasteiger partial charge in [-0.15, -0.1) is 0 Å². The van der Waals surface area contributed by atoms with Gasteiger partial charge in [0.2, 0.25) is 11.9 Å². The van der Waals surface area contributed by atoms with Gasteiger partial charge < -0.3 is 10.2 Å². The molecule has 6 heteroatoms. The molecule has 1 N–H and O–H groups in total. The second-order valence-electron chi connectivity index (χ2n) is 7.63. The summed E-state index contributed by atoms with van der Waals surface area (Å²) in [6.07, 6.45) is 7.17. The molecule has 1 saturated heterocycles. The first kappa shape index (κ1) is 18.1. The van der Waals surface area contributed by atoms with Crippen LogP contribution >= 0.6 is 0 Å². The maximum absolute atomic E-state index is 12.7. The Hall–Kier alpha value is -1.69. The van der Waals surface area contributed by atoms with E-state index in [-0.39, 0.29) is 11.9 Å². The van der Waals surface area contributed by atoms with Crippen LogP contribution in [0.1, 0.15) is 40.0 Å². The van der Waals surface area contributed by atoms with E-state index in [1.807, 2.05) is 13.0 Å². The average molecular weight is 345 g/mol. The Labute approximate surface area is 151 Å². The molecule has 0 spiro atoms. The summed E-state index contributed by atoms with van der Waals surface area (Å²) in [4.78, 5) is 25.8. The number of amides is 1. The Balaban J connectivity index is 1.50. The van der Waals surface area contributed by atoms with Crippen molar-refractivity contribution in [3.8, 4) is 0 Å². The van der Waals surface area contributed by atoms with Crippen molar-refractivity contribution in [2.45, 2.75) is 52.1 Å². The molecule has 0 radical (unpaired) electrons. The van der Waals surface area contributed by atoms with Crippen molar-refractivity contribution in [1.29, 1.82) is 0 Å². The maximum Gasteiger partial charge on any atom is 0.237 e. The number of nitrogens with one attached hydrogen (secondary N) is 1. The zero-order valence-corrected chi connectivity index (χ0v) is 15.7. The number of nitrogens with zero attached hydrogens (tertiary/aromatic N) is 4. The van der Waals surface area contributed by atoms with Gasteiger partial charge in [0.25, 0.3) is 0 Å². The summed E-state index contributed by atoms with van der Waals surface area (Å²) in [5.41, 5.74) is 0. The predicted molar refractivity (Wildman–Crippen MR) is 99.4 cm³/mol.